The summed E-state index contributed by atoms with van der Waals surface area (Å²) in [6, 6.07) is 9.88. The number of carbonyl (C=O) groups excluding carboxylic acids is 4. The molecule has 1 aromatic heterocycles. The number of amides is 3. The molecular formula is C26H27FN6O5. The molecule has 0 bridgehead atoms. The first-order valence-corrected chi connectivity index (χ1v) is 11.7. The maximum Gasteiger partial charge on any atom is 0.373 e. The zero-order chi connectivity index (χ0) is 27.7. The topological polar surface area (TPSA) is 157 Å². The molecule has 1 fully saturated rings. The smallest absolute Gasteiger partial charge is 0.373 e. The number of aryl methyl sites for hydroxylation is 1. The van der Waals surface area contributed by atoms with Gasteiger partial charge in [-0.05, 0) is 55.8 Å². The van der Waals surface area contributed by atoms with Gasteiger partial charge in [0.05, 0.1) is 18.9 Å². The Kier molecular flexibility index (Phi) is 9.58. The van der Waals surface area contributed by atoms with Crippen molar-refractivity contribution in [1.82, 2.24) is 9.97 Å². The van der Waals surface area contributed by atoms with Gasteiger partial charge in [-0.25, -0.2) is 19.2 Å². The lowest BCUT2D eigenvalue weighted by Crippen LogP contribution is -2.37. The van der Waals surface area contributed by atoms with Crippen molar-refractivity contribution in [1.29, 1.82) is 0 Å². The lowest BCUT2D eigenvalue weighted by Gasteiger charge is -2.29. The summed E-state index contributed by atoms with van der Waals surface area (Å²) in [7, 11) is 0. The molecule has 12 heteroatoms. The van der Waals surface area contributed by atoms with Crippen molar-refractivity contribution in [2.75, 3.05) is 41.8 Å². The summed E-state index contributed by atoms with van der Waals surface area (Å²) >= 11 is 0. The van der Waals surface area contributed by atoms with Crippen LogP contribution in [0.5, 0.6) is 0 Å². The fourth-order valence-electron chi connectivity index (χ4n) is 3.86. The maximum atomic E-state index is 14.9. The molecule has 2 aromatic carbocycles. The van der Waals surface area contributed by atoms with Crippen LogP contribution < -0.4 is 21.3 Å². The van der Waals surface area contributed by atoms with E-state index in [9.17, 15) is 14.0 Å². The van der Waals surface area contributed by atoms with E-state index in [0.717, 1.165) is 36.6 Å². The number of urea groups is 1. The molecule has 2 heterocycles. The van der Waals surface area contributed by atoms with Gasteiger partial charge in [0.2, 0.25) is 5.91 Å². The third-order valence-electron chi connectivity index (χ3n) is 5.77. The number of carbonyl (C=O) groups is 2. The Morgan fingerprint density at radius 3 is 2.32 bits per heavy atom. The summed E-state index contributed by atoms with van der Waals surface area (Å²) in [6.45, 7) is 6.76. The van der Waals surface area contributed by atoms with Crippen molar-refractivity contribution in [3.8, 4) is 11.4 Å². The Morgan fingerprint density at radius 1 is 1.08 bits per heavy atom. The third kappa shape index (κ3) is 6.96. The summed E-state index contributed by atoms with van der Waals surface area (Å²) in [5.41, 5.74) is 8.40. The number of rotatable bonds is 6. The number of anilines is 3. The highest BCUT2D eigenvalue weighted by atomic mass is 19.1. The van der Waals surface area contributed by atoms with Crippen molar-refractivity contribution in [2.45, 2.75) is 20.3 Å². The fraction of sp³-hybridized carbons (Fsp3) is 0.269. The second kappa shape index (κ2) is 13.0. The molecular weight excluding hydrogens is 495 g/mol. The first-order chi connectivity index (χ1) is 18.3. The highest BCUT2D eigenvalue weighted by Gasteiger charge is 2.20. The molecule has 0 unspecified atom stereocenters. The van der Waals surface area contributed by atoms with Gasteiger partial charge in [0.15, 0.2) is 5.82 Å². The van der Waals surface area contributed by atoms with Crippen LogP contribution >= 0.6 is 0 Å². The van der Waals surface area contributed by atoms with E-state index in [1.54, 1.807) is 6.07 Å². The minimum Gasteiger partial charge on any atom is -0.378 e. The van der Waals surface area contributed by atoms with E-state index in [1.165, 1.54) is 36.4 Å². The van der Waals surface area contributed by atoms with Crippen molar-refractivity contribution in [2.24, 2.45) is 5.73 Å². The summed E-state index contributed by atoms with van der Waals surface area (Å²) in [6.07, 6.45) is 0.974. The number of hydrogen-bond acceptors (Lipinski definition) is 8. The number of benzene rings is 2. The van der Waals surface area contributed by atoms with E-state index < -0.39 is 17.8 Å². The molecule has 0 atom stereocenters. The molecule has 198 valence electrons. The van der Waals surface area contributed by atoms with Gasteiger partial charge in [-0.1, -0.05) is 6.92 Å². The van der Waals surface area contributed by atoms with Crippen LogP contribution in [0, 0.1) is 12.7 Å². The SMILES string of the molecule is CCc1nc(-c2ccc(NC(=O)Nc3ccc(C(N)=O)cc3)c(F)c2)nc(N2CCOCC2)c1C.O=C=O. The zero-order valence-electron chi connectivity index (χ0n) is 20.9. The van der Waals surface area contributed by atoms with Crippen LogP contribution in [0.1, 0.15) is 28.5 Å². The molecule has 0 aliphatic carbocycles. The molecule has 3 aromatic rings. The molecule has 4 N–H and O–H groups in total. The number of hydrogen-bond donors (Lipinski definition) is 3. The number of halogens is 1. The van der Waals surface area contributed by atoms with Gasteiger partial charge in [-0.2, -0.15) is 9.59 Å². The monoisotopic (exact) mass is 522 g/mol. The summed E-state index contributed by atoms with van der Waals surface area (Å²) < 4.78 is 20.4. The predicted octanol–water partition coefficient (Wildman–Crippen LogP) is 3.15. The van der Waals surface area contributed by atoms with Crippen LogP contribution in [0.15, 0.2) is 42.5 Å². The Hall–Kier alpha value is -4.67. The van der Waals surface area contributed by atoms with E-state index in [-0.39, 0.29) is 11.8 Å². The van der Waals surface area contributed by atoms with E-state index in [4.69, 9.17) is 25.0 Å². The van der Waals surface area contributed by atoms with Crippen molar-refractivity contribution in [3.63, 3.8) is 0 Å². The molecule has 0 spiro atoms. The van der Waals surface area contributed by atoms with Gasteiger partial charge >= 0.3 is 12.2 Å². The summed E-state index contributed by atoms with van der Waals surface area (Å²) in [5, 5.41) is 5.08. The van der Waals surface area contributed by atoms with Gasteiger partial charge in [0, 0.05) is 41.2 Å². The molecule has 1 aliphatic rings. The Labute approximate surface area is 218 Å². The lowest BCUT2D eigenvalue weighted by atomic mass is 10.1. The Balaban J connectivity index is 0.00000127. The molecule has 0 saturated carbocycles. The number of morpholine rings is 1. The molecule has 0 radical (unpaired) electrons. The largest absolute Gasteiger partial charge is 0.378 e. The minimum atomic E-state index is -0.627. The van der Waals surface area contributed by atoms with Gasteiger partial charge < -0.3 is 26.0 Å². The number of primary amides is 1. The normalized spacial score (nSPS) is 12.6. The molecule has 38 heavy (non-hydrogen) atoms. The number of nitrogens with two attached hydrogens (primary N) is 1. The van der Waals surface area contributed by atoms with Gasteiger partial charge in [-0.15, -0.1) is 0 Å². The lowest BCUT2D eigenvalue weighted by molar-refractivity contribution is -0.191. The molecule has 1 saturated heterocycles. The van der Waals surface area contributed by atoms with Crippen molar-refractivity contribution in [3.05, 3.63) is 65.1 Å². The Bertz CT molecular complexity index is 1340. The number of nitrogens with one attached hydrogen (secondary N) is 2. The van der Waals surface area contributed by atoms with Gasteiger partial charge in [0.1, 0.15) is 11.6 Å². The quantitative estimate of drug-likeness (QED) is 0.446. The molecule has 4 rings (SSSR count). The van der Waals surface area contributed by atoms with Crippen LogP contribution in [-0.4, -0.2) is 54.4 Å². The zero-order valence-corrected chi connectivity index (χ0v) is 20.9. The second-order valence-corrected chi connectivity index (χ2v) is 8.19. The molecule has 1 aliphatic heterocycles. The van der Waals surface area contributed by atoms with Crippen LogP contribution in [0.25, 0.3) is 11.4 Å². The standard InChI is InChI=1S/C25H27FN6O3.CO2/c1-3-20-15(2)24(32-10-12-35-13-11-32)31-23(29-20)17-6-9-21(19(26)14-17)30-25(34)28-18-7-4-16(5-8-18)22(27)33;2-1-3/h4-9,14H,3,10-13H2,1-2H3,(H2,27,33)(H2,28,30,34);. The van der Waals surface area contributed by atoms with Crippen LogP contribution in [0.4, 0.5) is 26.4 Å². The van der Waals surface area contributed by atoms with Crippen LogP contribution in [-0.2, 0) is 20.7 Å². The second-order valence-electron chi connectivity index (χ2n) is 8.19. The first kappa shape index (κ1) is 27.9. The van der Waals surface area contributed by atoms with Crippen LogP contribution in [0.2, 0.25) is 0 Å². The van der Waals surface area contributed by atoms with E-state index in [1.807, 2.05) is 13.8 Å². The van der Waals surface area contributed by atoms with Gasteiger partial charge in [0.25, 0.3) is 0 Å². The molecule has 11 nitrogen and oxygen atoms in total. The highest BCUT2D eigenvalue weighted by Crippen LogP contribution is 2.28. The van der Waals surface area contributed by atoms with Gasteiger partial charge in [-0.3, -0.25) is 4.79 Å². The minimum absolute atomic E-state index is 0.0104. The Morgan fingerprint density at radius 2 is 1.74 bits per heavy atom. The van der Waals surface area contributed by atoms with Crippen molar-refractivity contribution >= 4 is 35.3 Å². The number of aromatic nitrogens is 2. The highest BCUT2D eigenvalue weighted by molar-refractivity contribution is 6.00. The van der Waals surface area contributed by atoms with Crippen molar-refractivity contribution < 1.29 is 28.3 Å². The first-order valence-electron chi connectivity index (χ1n) is 11.7. The van der Waals surface area contributed by atoms with Crippen LogP contribution in [0.3, 0.4) is 0 Å². The van der Waals surface area contributed by atoms with E-state index in [2.05, 4.69) is 20.5 Å². The average Bonchev–Trinajstić information content (AvgIpc) is 2.91. The molecule has 3 amide bonds. The number of ether oxygens (including phenoxy) is 1. The summed E-state index contributed by atoms with van der Waals surface area (Å²) in [4.78, 5) is 51.3. The predicted molar refractivity (Wildman–Crippen MR) is 137 cm³/mol. The average molecular weight is 523 g/mol. The van der Waals surface area contributed by atoms with E-state index >= 15 is 0 Å². The fourth-order valence-corrected chi connectivity index (χ4v) is 3.86. The van der Waals surface area contributed by atoms with E-state index in [0.29, 0.717) is 35.9 Å². The summed E-state index contributed by atoms with van der Waals surface area (Å²) in [5.74, 6) is 0.0820. The number of nitrogens with zero attached hydrogens (tertiary/aromatic N) is 3. The third-order valence-corrected chi connectivity index (χ3v) is 5.77. The maximum absolute atomic E-state index is 14.9.